The van der Waals surface area contributed by atoms with Crippen LogP contribution in [-0.4, -0.2) is 16.3 Å². The molecule has 86 valence electrons. The minimum atomic E-state index is 0. The fourth-order valence-electron chi connectivity index (χ4n) is 2.16. The third-order valence-electron chi connectivity index (χ3n) is 2.92. The minimum Gasteiger partial charge on any atom is -0.311 e. The van der Waals surface area contributed by atoms with Crippen molar-refractivity contribution in [2.24, 2.45) is 7.05 Å². The molecule has 3 heterocycles. The molecule has 3 rings (SSSR count). The zero-order chi connectivity index (χ0) is 10.3. The Morgan fingerprint density at radius 1 is 1.56 bits per heavy atom. The van der Waals surface area contributed by atoms with Crippen LogP contribution in [0.15, 0.2) is 23.8 Å². The number of halogens is 1. The summed E-state index contributed by atoms with van der Waals surface area (Å²) in [5.41, 5.74) is 2.79. The van der Waals surface area contributed by atoms with Crippen LogP contribution in [0, 0.1) is 0 Å². The van der Waals surface area contributed by atoms with Crippen LogP contribution < -0.4 is 5.32 Å². The summed E-state index contributed by atoms with van der Waals surface area (Å²) in [4.78, 5) is 1.47. The highest BCUT2D eigenvalue weighted by Gasteiger charge is 2.23. The van der Waals surface area contributed by atoms with Gasteiger partial charge in [0.25, 0.3) is 0 Å². The second-order valence-electron chi connectivity index (χ2n) is 3.93. The molecule has 0 amide bonds. The summed E-state index contributed by atoms with van der Waals surface area (Å²) in [6.07, 6.45) is 4.08. The maximum Gasteiger partial charge on any atom is 0.0528 e. The van der Waals surface area contributed by atoms with E-state index in [1.807, 2.05) is 29.3 Å². The van der Waals surface area contributed by atoms with E-state index < -0.39 is 0 Å². The minimum absolute atomic E-state index is 0. The lowest BCUT2D eigenvalue weighted by Crippen LogP contribution is -2.27. The first-order valence-electron chi connectivity index (χ1n) is 5.10. The Morgan fingerprint density at radius 3 is 3.19 bits per heavy atom. The number of aromatic nitrogens is 2. The van der Waals surface area contributed by atoms with Crippen molar-refractivity contribution in [1.82, 2.24) is 15.1 Å². The van der Waals surface area contributed by atoms with E-state index in [0.29, 0.717) is 5.92 Å². The van der Waals surface area contributed by atoms with E-state index in [1.54, 1.807) is 0 Å². The summed E-state index contributed by atoms with van der Waals surface area (Å²) in [7, 11) is 1.97. The van der Waals surface area contributed by atoms with Crippen LogP contribution in [0.4, 0.5) is 0 Å². The number of fused-ring (bicyclic) bond motifs is 1. The lowest BCUT2D eigenvalue weighted by molar-refractivity contribution is 0.600. The molecule has 3 nitrogen and oxygen atoms in total. The SMILES string of the molecule is Cl.Cn1cc(C2CNCc3sccc32)cn1. The summed E-state index contributed by atoms with van der Waals surface area (Å²) >= 11 is 1.84. The summed E-state index contributed by atoms with van der Waals surface area (Å²) in [6.45, 7) is 2.04. The van der Waals surface area contributed by atoms with Crippen molar-refractivity contribution in [2.45, 2.75) is 12.5 Å². The third kappa shape index (κ3) is 1.88. The molecule has 0 saturated carbocycles. The van der Waals surface area contributed by atoms with Crippen molar-refractivity contribution in [3.63, 3.8) is 0 Å². The van der Waals surface area contributed by atoms with Gasteiger partial charge in [-0.05, 0) is 22.6 Å². The summed E-state index contributed by atoms with van der Waals surface area (Å²) in [6, 6.07) is 2.25. The number of hydrogen-bond acceptors (Lipinski definition) is 3. The smallest absolute Gasteiger partial charge is 0.0528 e. The second kappa shape index (κ2) is 4.57. The third-order valence-corrected chi connectivity index (χ3v) is 3.85. The van der Waals surface area contributed by atoms with E-state index in [0.717, 1.165) is 13.1 Å². The van der Waals surface area contributed by atoms with Crippen LogP contribution in [0.5, 0.6) is 0 Å². The van der Waals surface area contributed by atoms with Crippen molar-refractivity contribution in [2.75, 3.05) is 6.54 Å². The Bertz CT molecular complexity index is 477. The maximum atomic E-state index is 4.24. The normalized spacial score (nSPS) is 18.9. The van der Waals surface area contributed by atoms with E-state index in [2.05, 4.69) is 28.1 Å². The second-order valence-corrected chi connectivity index (χ2v) is 4.93. The van der Waals surface area contributed by atoms with Gasteiger partial charge in [-0.3, -0.25) is 4.68 Å². The van der Waals surface area contributed by atoms with Gasteiger partial charge in [0.1, 0.15) is 0 Å². The molecule has 0 aromatic carbocycles. The van der Waals surface area contributed by atoms with Gasteiger partial charge in [-0.15, -0.1) is 23.7 Å². The molecule has 1 aliphatic heterocycles. The first kappa shape index (κ1) is 11.6. The maximum absolute atomic E-state index is 4.24. The average molecular weight is 256 g/mol. The van der Waals surface area contributed by atoms with Gasteiger partial charge >= 0.3 is 0 Å². The molecule has 0 radical (unpaired) electrons. The van der Waals surface area contributed by atoms with Gasteiger partial charge in [-0.2, -0.15) is 5.10 Å². The van der Waals surface area contributed by atoms with Crippen LogP contribution >= 0.6 is 23.7 Å². The Balaban J connectivity index is 0.000000963. The first-order chi connectivity index (χ1) is 7.34. The molecule has 0 aliphatic carbocycles. The van der Waals surface area contributed by atoms with E-state index >= 15 is 0 Å². The predicted octanol–water partition coefficient (Wildman–Crippen LogP) is 2.14. The molecule has 0 spiro atoms. The lowest BCUT2D eigenvalue weighted by atomic mass is 9.92. The average Bonchev–Trinajstić information content (AvgIpc) is 2.84. The van der Waals surface area contributed by atoms with Gasteiger partial charge in [-0.25, -0.2) is 0 Å². The highest BCUT2D eigenvalue weighted by Crippen LogP contribution is 2.32. The molecule has 1 atom stereocenters. The van der Waals surface area contributed by atoms with Gasteiger partial charge in [-0.1, -0.05) is 0 Å². The molecule has 16 heavy (non-hydrogen) atoms. The Kier molecular flexibility index (Phi) is 3.33. The molecule has 1 unspecified atom stereocenters. The van der Waals surface area contributed by atoms with Gasteiger partial charge in [0, 0.05) is 37.1 Å². The van der Waals surface area contributed by atoms with Crippen LogP contribution in [0.25, 0.3) is 0 Å². The van der Waals surface area contributed by atoms with Gasteiger partial charge < -0.3 is 5.32 Å². The molecular weight excluding hydrogens is 242 g/mol. The molecule has 1 N–H and O–H groups in total. The van der Waals surface area contributed by atoms with Gasteiger partial charge in [0.05, 0.1) is 6.20 Å². The standard InChI is InChI=1S/C11H13N3S.ClH/c1-14-7-8(4-13-14)10-5-12-6-11-9(10)2-3-15-11;/h2-4,7,10,12H,5-6H2,1H3;1H. The molecule has 5 heteroatoms. The first-order valence-corrected chi connectivity index (χ1v) is 5.98. The van der Waals surface area contributed by atoms with Crippen LogP contribution in [0.1, 0.15) is 21.9 Å². The number of nitrogens with one attached hydrogen (secondary N) is 1. The monoisotopic (exact) mass is 255 g/mol. The molecule has 0 bridgehead atoms. The number of nitrogens with zero attached hydrogens (tertiary/aromatic N) is 2. The highest BCUT2D eigenvalue weighted by atomic mass is 35.5. The van der Waals surface area contributed by atoms with Crippen LogP contribution in [0.3, 0.4) is 0 Å². The summed E-state index contributed by atoms with van der Waals surface area (Å²) < 4.78 is 1.87. The molecule has 0 fully saturated rings. The number of rotatable bonds is 1. The van der Waals surface area contributed by atoms with Crippen LogP contribution in [0.2, 0.25) is 0 Å². The van der Waals surface area contributed by atoms with E-state index in [4.69, 9.17) is 0 Å². The van der Waals surface area contributed by atoms with Gasteiger partial charge in [0.2, 0.25) is 0 Å². The zero-order valence-electron chi connectivity index (χ0n) is 9.01. The van der Waals surface area contributed by atoms with Crippen molar-refractivity contribution < 1.29 is 0 Å². The molecule has 2 aromatic heterocycles. The topological polar surface area (TPSA) is 29.9 Å². The number of thiophene rings is 1. The van der Waals surface area contributed by atoms with Gasteiger partial charge in [0.15, 0.2) is 0 Å². The molecular formula is C11H14ClN3S. The van der Waals surface area contributed by atoms with E-state index in [9.17, 15) is 0 Å². The fraction of sp³-hybridized carbons (Fsp3) is 0.364. The summed E-state index contributed by atoms with van der Waals surface area (Å²) in [5.74, 6) is 0.480. The Morgan fingerprint density at radius 2 is 2.44 bits per heavy atom. The van der Waals surface area contributed by atoms with Crippen molar-refractivity contribution in [3.8, 4) is 0 Å². The van der Waals surface area contributed by atoms with Crippen molar-refractivity contribution in [1.29, 1.82) is 0 Å². The quantitative estimate of drug-likeness (QED) is 0.846. The molecule has 0 saturated heterocycles. The van der Waals surface area contributed by atoms with E-state index in [1.165, 1.54) is 16.0 Å². The lowest BCUT2D eigenvalue weighted by Gasteiger charge is -2.22. The Hall–Kier alpha value is -0.840. The largest absolute Gasteiger partial charge is 0.311 e. The van der Waals surface area contributed by atoms with E-state index in [-0.39, 0.29) is 12.4 Å². The fourth-order valence-corrected chi connectivity index (χ4v) is 3.07. The Labute approximate surface area is 105 Å². The van der Waals surface area contributed by atoms with Crippen LogP contribution in [-0.2, 0) is 13.6 Å². The molecule has 2 aromatic rings. The summed E-state index contributed by atoms with van der Waals surface area (Å²) in [5, 5.41) is 9.88. The number of hydrogen-bond donors (Lipinski definition) is 1. The number of aryl methyl sites for hydroxylation is 1. The molecule has 1 aliphatic rings. The zero-order valence-corrected chi connectivity index (χ0v) is 10.6. The van der Waals surface area contributed by atoms with Crippen molar-refractivity contribution >= 4 is 23.7 Å². The highest BCUT2D eigenvalue weighted by molar-refractivity contribution is 7.10. The predicted molar refractivity (Wildman–Crippen MR) is 68.3 cm³/mol. The van der Waals surface area contributed by atoms with Crippen molar-refractivity contribution in [3.05, 3.63) is 39.8 Å².